The Hall–Kier alpha value is -3.83. The van der Waals surface area contributed by atoms with Crippen LogP contribution in [0.15, 0.2) is 67.0 Å². The first-order chi connectivity index (χ1) is 19.2. The molecule has 0 spiro atoms. The number of carbonyl (C=O) groups excluding carboxylic acids is 1. The lowest BCUT2D eigenvalue weighted by Gasteiger charge is -2.38. The lowest BCUT2D eigenvalue weighted by molar-refractivity contribution is 0.122. The van der Waals surface area contributed by atoms with Gasteiger partial charge in [-0.3, -0.25) is 14.6 Å². The zero-order valence-corrected chi connectivity index (χ0v) is 23.7. The molecule has 2 heterocycles. The van der Waals surface area contributed by atoms with Crippen LogP contribution in [0, 0.1) is 0 Å². The van der Waals surface area contributed by atoms with Gasteiger partial charge in [0.25, 0.3) is 0 Å². The zero-order valence-electron chi connectivity index (χ0n) is 22.9. The zero-order chi connectivity index (χ0) is 28.5. The first kappa shape index (κ1) is 29.2. The Bertz CT molecular complexity index is 1360. The maximum Gasteiger partial charge on any atom is 0.322 e. The molecule has 0 saturated carbocycles. The summed E-state index contributed by atoms with van der Waals surface area (Å²) in [5.74, 6) is 1.33. The van der Waals surface area contributed by atoms with Crippen molar-refractivity contribution < 1.29 is 23.1 Å². The molecule has 0 aliphatic carbocycles. The number of nitrogens with one attached hydrogen (secondary N) is 2. The number of ether oxygens (including phenoxy) is 1. The fraction of sp³-hybridized carbons (Fsp3) is 0.379. The number of rotatable bonds is 11. The minimum Gasteiger partial charge on any atom is -0.506 e. The maximum absolute atomic E-state index is 13.1. The number of hydrogen-bond donors (Lipinski definition) is 3. The number of nitrogens with zero attached hydrogens (tertiary/aromatic N) is 3. The molecule has 1 aliphatic heterocycles. The molecule has 2 aromatic carbocycles. The average Bonchev–Trinajstić information content (AvgIpc) is 2.91. The van der Waals surface area contributed by atoms with Gasteiger partial charge in [0.15, 0.2) is 0 Å². The van der Waals surface area contributed by atoms with Gasteiger partial charge in [-0.1, -0.05) is 25.5 Å². The minimum atomic E-state index is -3.32. The molecular weight excluding hydrogens is 530 g/mol. The van der Waals surface area contributed by atoms with E-state index in [1.165, 1.54) is 24.0 Å². The van der Waals surface area contributed by atoms with Crippen molar-refractivity contribution in [1.82, 2.24) is 14.8 Å². The van der Waals surface area contributed by atoms with Crippen LogP contribution < -0.4 is 14.8 Å². The van der Waals surface area contributed by atoms with E-state index in [-0.39, 0.29) is 17.8 Å². The van der Waals surface area contributed by atoms with Gasteiger partial charge < -0.3 is 20.1 Å². The molecule has 1 aromatic heterocycles. The molecule has 0 atom stereocenters. The van der Waals surface area contributed by atoms with E-state index >= 15 is 0 Å². The van der Waals surface area contributed by atoms with Crippen LogP contribution in [0.3, 0.4) is 0 Å². The molecule has 0 radical (unpaired) electrons. The van der Waals surface area contributed by atoms with Crippen molar-refractivity contribution in [2.75, 3.05) is 35.9 Å². The number of hydrogen-bond acceptors (Lipinski definition) is 7. The summed E-state index contributed by atoms with van der Waals surface area (Å²) in [7, 11) is -3.32. The van der Waals surface area contributed by atoms with Crippen molar-refractivity contribution in [1.29, 1.82) is 0 Å². The summed E-state index contributed by atoms with van der Waals surface area (Å²) >= 11 is 0. The second kappa shape index (κ2) is 13.5. The van der Waals surface area contributed by atoms with E-state index in [1.54, 1.807) is 24.3 Å². The second-order valence-corrected chi connectivity index (χ2v) is 11.8. The summed E-state index contributed by atoms with van der Waals surface area (Å²) in [5.41, 5.74) is 2.14. The molecule has 10 nitrogen and oxygen atoms in total. The summed E-state index contributed by atoms with van der Waals surface area (Å²) in [5, 5.41) is 12.6. The Kier molecular flexibility index (Phi) is 9.84. The Morgan fingerprint density at radius 2 is 1.70 bits per heavy atom. The summed E-state index contributed by atoms with van der Waals surface area (Å²) < 4.78 is 31.1. The molecule has 2 amide bonds. The molecule has 4 rings (SSSR count). The standard InChI is InChI=1S/C29H37N5O5S/c1-3-4-15-34(29(36)31-24-18-26(35)20-30-19-24)25-13-16-33(17-14-25)21-22-5-9-27(10-6-22)39-28-11-7-23(8-12-28)32-40(2,37)38/h5-12,18-20,25,32,35H,3-4,13-17,21H2,1-2H3,(H,31,36). The Morgan fingerprint density at radius 1 is 1.05 bits per heavy atom. The first-order valence-electron chi connectivity index (χ1n) is 13.5. The number of aromatic hydroxyl groups is 1. The van der Waals surface area contributed by atoms with Gasteiger partial charge in [-0.2, -0.15) is 0 Å². The average molecular weight is 568 g/mol. The van der Waals surface area contributed by atoms with Gasteiger partial charge in [0.05, 0.1) is 24.3 Å². The maximum atomic E-state index is 13.1. The van der Waals surface area contributed by atoms with Crippen LogP contribution in [-0.4, -0.2) is 66.3 Å². The number of aromatic nitrogens is 1. The molecule has 214 valence electrons. The number of carbonyl (C=O) groups is 1. The number of anilines is 2. The molecule has 0 bridgehead atoms. The number of pyridine rings is 1. The predicted molar refractivity (Wildman–Crippen MR) is 156 cm³/mol. The third kappa shape index (κ3) is 8.85. The second-order valence-electron chi connectivity index (χ2n) is 10.1. The van der Waals surface area contributed by atoms with Crippen molar-refractivity contribution in [2.24, 2.45) is 0 Å². The van der Waals surface area contributed by atoms with Gasteiger partial charge in [-0.15, -0.1) is 0 Å². The van der Waals surface area contributed by atoms with E-state index < -0.39 is 10.0 Å². The third-order valence-corrected chi connectivity index (χ3v) is 7.32. The Morgan fingerprint density at radius 3 is 2.30 bits per heavy atom. The Labute approximate surface area is 236 Å². The van der Waals surface area contributed by atoms with Crippen LogP contribution in [0.2, 0.25) is 0 Å². The van der Waals surface area contributed by atoms with Crippen LogP contribution in [0.25, 0.3) is 0 Å². The number of unbranched alkanes of at least 4 members (excludes halogenated alkanes) is 1. The van der Waals surface area contributed by atoms with Gasteiger partial charge >= 0.3 is 6.03 Å². The predicted octanol–water partition coefficient (Wildman–Crippen LogP) is 5.25. The normalized spacial score (nSPS) is 14.4. The number of piperidine rings is 1. The van der Waals surface area contributed by atoms with Gasteiger partial charge in [0, 0.05) is 44.0 Å². The Balaban J connectivity index is 1.27. The topological polar surface area (TPSA) is 124 Å². The summed E-state index contributed by atoms with van der Waals surface area (Å²) in [6.07, 6.45) is 7.69. The molecule has 11 heteroatoms. The van der Waals surface area contributed by atoms with E-state index in [9.17, 15) is 18.3 Å². The van der Waals surface area contributed by atoms with Gasteiger partial charge in [-0.25, -0.2) is 13.2 Å². The highest BCUT2D eigenvalue weighted by Gasteiger charge is 2.28. The van der Waals surface area contributed by atoms with Gasteiger partial charge in [-0.05, 0) is 61.2 Å². The highest BCUT2D eigenvalue weighted by molar-refractivity contribution is 7.92. The van der Waals surface area contributed by atoms with Crippen molar-refractivity contribution in [3.05, 3.63) is 72.6 Å². The van der Waals surface area contributed by atoms with Crippen molar-refractivity contribution in [2.45, 2.75) is 45.2 Å². The van der Waals surface area contributed by atoms with E-state index in [0.29, 0.717) is 29.4 Å². The number of amides is 2. The largest absolute Gasteiger partial charge is 0.506 e. The SMILES string of the molecule is CCCCN(C(=O)Nc1cncc(O)c1)C1CCN(Cc2ccc(Oc3ccc(NS(C)(=O)=O)cc3)cc2)CC1. The number of benzene rings is 2. The van der Waals surface area contributed by atoms with Gasteiger partial charge in [0.1, 0.15) is 17.2 Å². The minimum absolute atomic E-state index is 0.0175. The number of sulfonamides is 1. The molecule has 3 N–H and O–H groups in total. The smallest absolute Gasteiger partial charge is 0.322 e. The lowest BCUT2D eigenvalue weighted by Crippen LogP contribution is -2.49. The summed E-state index contributed by atoms with van der Waals surface area (Å²) in [6, 6.07) is 16.2. The van der Waals surface area contributed by atoms with Crippen molar-refractivity contribution in [3.8, 4) is 17.2 Å². The van der Waals surface area contributed by atoms with Crippen LogP contribution in [0.5, 0.6) is 17.2 Å². The van der Waals surface area contributed by atoms with Crippen molar-refractivity contribution >= 4 is 27.4 Å². The van der Waals surface area contributed by atoms with Gasteiger partial charge in [0.2, 0.25) is 10.0 Å². The molecule has 40 heavy (non-hydrogen) atoms. The number of urea groups is 1. The molecule has 1 saturated heterocycles. The highest BCUT2D eigenvalue weighted by atomic mass is 32.2. The fourth-order valence-electron chi connectivity index (χ4n) is 4.72. The van der Waals surface area contributed by atoms with Crippen LogP contribution in [0.1, 0.15) is 38.2 Å². The molecule has 3 aromatic rings. The summed E-state index contributed by atoms with van der Waals surface area (Å²) in [6.45, 7) is 5.40. The third-order valence-electron chi connectivity index (χ3n) is 6.71. The van der Waals surface area contributed by atoms with Crippen LogP contribution >= 0.6 is 0 Å². The van der Waals surface area contributed by atoms with Crippen molar-refractivity contribution in [3.63, 3.8) is 0 Å². The van der Waals surface area contributed by atoms with E-state index in [0.717, 1.165) is 51.6 Å². The van der Waals surface area contributed by atoms with E-state index in [1.807, 2.05) is 29.2 Å². The quantitative estimate of drug-likeness (QED) is 0.289. The van der Waals surface area contributed by atoms with Crippen LogP contribution in [0.4, 0.5) is 16.2 Å². The molecule has 0 unspecified atom stereocenters. The lowest BCUT2D eigenvalue weighted by atomic mass is 10.0. The van der Waals surface area contributed by atoms with E-state index in [2.05, 4.69) is 26.8 Å². The van der Waals surface area contributed by atoms with Crippen LogP contribution in [-0.2, 0) is 16.6 Å². The summed E-state index contributed by atoms with van der Waals surface area (Å²) in [4.78, 5) is 21.4. The first-order valence-corrected chi connectivity index (χ1v) is 15.4. The molecule has 1 fully saturated rings. The van der Waals surface area contributed by atoms with E-state index in [4.69, 9.17) is 4.74 Å². The fourth-order valence-corrected chi connectivity index (χ4v) is 5.29. The molecule has 1 aliphatic rings. The monoisotopic (exact) mass is 567 g/mol. The molecular formula is C29H37N5O5S. The highest BCUT2D eigenvalue weighted by Crippen LogP contribution is 2.25. The number of likely N-dealkylation sites (tertiary alicyclic amines) is 1.